The Morgan fingerprint density at radius 2 is 2.31 bits per heavy atom. The molecule has 0 aliphatic heterocycles. The zero-order chi connectivity index (χ0) is 11.1. The number of aromatic nitrogens is 3. The van der Waals surface area contributed by atoms with Crippen LogP contribution >= 0.6 is 11.6 Å². The fourth-order valence-corrected chi connectivity index (χ4v) is 2.25. The molecular weight excluding hydrogens is 229 g/mol. The summed E-state index contributed by atoms with van der Waals surface area (Å²) in [5, 5.41) is 4.41. The van der Waals surface area contributed by atoms with Crippen molar-refractivity contribution < 1.29 is 4.39 Å². The normalized spacial score (nSPS) is 18.6. The second-order valence-corrected chi connectivity index (χ2v) is 4.58. The van der Waals surface area contributed by atoms with Crippen LogP contribution in [-0.2, 0) is 0 Å². The van der Waals surface area contributed by atoms with E-state index in [1.54, 1.807) is 18.3 Å². The molecule has 0 spiro atoms. The number of rotatable bonds is 2. The number of hydrogen-bond donors (Lipinski definition) is 0. The van der Waals surface area contributed by atoms with E-state index < -0.39 is 6.17 Å². The standard InChI is InChI=1S/C11H11ClFN3/c12-9-6-8(11(13)7-2-1-3-7)15-10-4-5-14-16(9)10/h4-7,11H,1-3H2. The minimum absolute atomic E-state index is 0.119. The van der Waals surface area contributed by atoms with Crippen molar-refractivity contribution in [1.29, 1.82) is 0 Å². The summed E-state index contributed by atoms with van der Waals surface area (Å²) < 4.78 is 15.5. The molecule has 5 heteroatoms. The van der Waals surface area contributed by atoms with Gasteiger partial charge >= 0.3 is 0 Å². The van der Waals surface area contributed by atoms with Crippen LogP contribution in [0.5, 0.6) is 0 Å². The average Bonchev–Trinajstić information content (AvgIpc) is 2.63. The van der Waals surface area contributed by atoms with Gasteiger partial charge in [-0.1, -0.05) is 18.0 Å². The molecule has 1 atom stereocenters. The molecule has 0 aromatic carbocycles. The van der Waals surface area contributed by atoms with Crippen molar-refractivity contribution in [3.63, 3.8) is 0 Å². The van der Waals surface area contributed by atoms with Gasteiger partial charge in [0, 0.05) is 12.1 Å². The van der Waals surface area contributed by atoms with Crippen molar-refractivity contribution in [1.82, 2.24) is 14.6 Å². The maximum atomic E-state index is 14.0. The van der Waals surface area contributed by atoms with Gasteiger partial charge in [-0.25, -0.2) is 13.9 Å². The molecular formula is C11H11ClFN3. The molecule has 0 N–H and O–H groups in total. The first-order valence-electron chi connectivity index (χ1n) is 5.40. The summed E-state index contributed by atoms with van der Waals surface area (Å²) in [6.07, 6.45) is 3.63. The Morgan fingerprint density at radius 3 is 3.00 bits per heavy atom. The zero-order valence-corrected chi connectivity index (χ0v) is 9.36. The molecule has 3 rings (SSSR count). The molecule has 1 fully saturated rings. The van der Waals surface area contributed by atoms with Crippen LogP contribution in [0.1, 0.15) is 31.1 Å². The second-order valence-electron chi connectivity index (χ2n) is 4.20. The van der Waals surface area contributed by atoms with E-state index in [9.17, 15) is 4.39 Å². The molecule has 16 heavy (non-hydrogen) atoms. The van der Waals surface area contributed by atoms with Gasteiger partial charge in [0.2, 0.25) is 0 Å². The first-order valence-corrected chi connectivity index (χ1v) is 5.78. The lowest BCUT2D eigenvalue weighted by Gasteiger charge is -2.28. The third-order valence-electron chi connectivity index (χ3n) is 3.18. The SMILES string of the molecule is FC(c1cc(Cl)n2nccc2n1)C1CCC1. The Hall–Kier alpha value is -1.16. The molecule has 2 aromatic heterocycles. The number of fused-ring (bicyclic) bond motifs is 1. The summed E-state index contributed by atoms with van der Waals surface area (Å²) >= 11 is 6.01. The van der Waals surface area contributed by atoms with Crippen LogP contribution < -0.4 is 0 Å². The van der Waals surface area contributed by atoms with Gasteiger partial charge in [0.1, 0.15) is 11.3 Å². The van der Waals surface area contributed by atoms with Crippen LogP contribution in [0.4, 0.5) is 4.39 Å². The third-order valence-corrected chi connectivity index (χ3v) is 3.45. The van der Waals surface area contributed by atoms with Crippen molar-refractivity contribution in [3.05, 3.63) is 29.2 Å². The smallest absolute Gasteiger partial charge is 0.157 e. The molecule has 0 saturated heterocycles. The minimum Gasteiger partial charge on any atom is -0.240 e. The topological polar surface area (TPSA) is 30.2 Å². The Labute approximate surface area is 97.2 Å². The van der Waals surface area contributed by atoms with Crippen LogP contribution in [0.2, 0.25) is 5.15 Å². The molecule has 2 heterocycles. The minimum atomic E-state index is -0.994. The molecule has 1 aliphatic carbocycles. The van der Waals surface area contributed by atoms with E-state index in [1.807, 2.05) is 0 Å². The lowest BCUT2D eigenvalue weighted by Crippen LogP contribution is -2.18. The van der Waals surface area contributed by atoms with Crippen molar-refractivity contribution in [2.45, 2.75) is 25.4 Å². The maximum absolute atomic E-state index is 14.0. The summed E-state index contributed by atoms with van der Waals surface area (Å²) in [5.41, 5.74) is 1.03. The van der Waals surface area contributed by atoms with Gasteiger partial charge in [-0.2, -0.15) is 5.10 Å². The molecule has 1 saturated carbocycles. The maximum Gasteiger partial charge on any atom is 0.157 e. The van der Waals surface area contributed by atoms with E-state index in [0.717, 1.165) is 19.3 Å². The summed E-state index contributed by atoms with van der Waals surface area (Å²) in [7, 11) is 0. The highest BCUT2D eigenvalue weighted by Crippen LogP contribution is 2.39. The molecule has 1 aliphatic rings. The summed E-state index contributed by atoms with van der Waals surface area (Å²) in [5.74, 6) is 0.119. The highest BCUT2D eigenvalue weighted by molar-refractivity contribution is 6.29. The van der Waals surface area contributed by atoms with Gasteiger partial charge in [0.05, 0.1) is 11.9 Å². The van der Waals surface area contributed by atoms with E-state index >= 15 is 0 Å². The number of halogens is 2. The largest absolute Gasteiger partial charge is 0.240 e. The lowest BCUT2D eigenvalue weighted by atomic mass is 9.81. The lowest BCUT2D eigenvalue weighted by molar-refractivity contribution is 0.146. The Bertz CT molecular complexity index is 521. The Kier molecular flexibility index (Phi) is 2.32. The summed E-state index contributed by atoms with van der Waals surface area (Å²) in [6, 6.07) is 3.30. The highest BCUT2D eigenvalue weighted by atomic mass is 35.5. The van der Waals surface area contributed by atoms with Crippen molar-refractivity contribution >= 4 is 17.2 Å². The zero-order valence-electron chi connectivity index (χ0n) is 8.61. The monoisotopic (exact) mass is 239 g/mol. The Balaban J connectivity index is 2.02. The third kappa shape index (κ3) is 1.48. The number of alkyl halides is 1. The van der Waals surface area contributed by atoms with E-state index in [4.69, 9.17) is 11.6 Å². The molecule has 84 valence electrons. The second kappa shape index (κ2) is 3.70. The fourth-order valence-electron chi connectivity index (χ4n) is 2.01. The molecule has 0 amide bonds. The summed E-state index contributed by atoms with van der Waals surface area (Å²) in [6.45, 7) is 0. The van der Waals surface area contributed by atoms with Crippen molar-refractivity contribution in [3.8, 4) is 0 Å². The highest BCUT2D eigenvalue weighted by Gasteiger charge is 2.29. The van der Waals surface area contributed by atoms with Crippen molar-refractivity contribution in [2.24, 2.45) is 5.92 Å². The van der Waals surface area contributed by atoms with Gasteiger partial charge in [0.15, 0.2) is 5.65 Å². The van der Waals surface area contributed by atoms with Gasteiger partial charge in [-0.05, 0) is 18.8 Å². The quantitative estimate of drug-likeness (QED) is 0.754. The molecule has 3 nitrogen and oxygen atoms in total. The van der Waals surface area contributed by atoms with E-state index in [1.165, 1.54) is 4.52 Å². The van der Waals surface area contributed by atoms with Gasteiger partial charge in [-0.15, -0.1) is 0 Å². The van der Waals surface area contributed by atoms with Crippen LogP contribution in [0.25, 0.3) is 5.65 Å². The molecule has 0 radical (unpaired) electrons. The molecule has 1 unspecified atom stereocenters. The first-order chi connectivity index (χ1) is 7.75. The van der Waals surface area contributed by atoms with Crippen LogP contribution in [0.15, 0.2) is 18.3 Å². The van der Waals surface area contributed by atoms with Crippen molar-refractivity contribution in [2.75, 3.05) is 0 Å². The van der Waals surface area contributed by atoms with Crippen LogP contribution in [-0.4, -0.2) is 14.6 Å². The predicted octanol–water partition coefficient (Wildman–Crippen LogP) is 3.19. The Morgan fingerprint density at radius 1 is 1.50 bits per heavy atom. The predicted molar refractivity (Wildman–Crippen MR) is 59.2 cm³/mol. The van der Waals surface area contributed by atoms with E-state index in [2.05, 4.69) is 10.1 Å². The van der Waals surface area contributed by atoms with Crippen LogP contribution in [0, 0.1) is 5.92 Å². The summed E-state index contributed by atoms with van der Waals surface area (Å²) in [4.78, 5) is 4.24. The van der Waals surface area contributed by atoms with E-state index in [-0.39, 0.29) is 5.92 Å². The molecule has 0 bridgehead atoms. The van der Waals surface area contributed by atoms with E-state index in [0.29, 0.717) is 16.5 Å². The van der Waals surface area contributed by atoms with Gasteiger partial charge < -0.3 is 0 Å². The van der Waals surface area contributed by atoms with Gasteiger partial charge in [0.25, 0.3) is 0 Å². The fraction of sp³-hybridized carbons (Fsp3) is 0.455. The average molecular weight is 240 g/mol. The molecule has 2 aromatic rings. The first kappa shape index (κ1) is 10.0. The number of nitrogens with zero attached hydrogens (tertiary/aromatic N) is 3. The van der Waals surface area contributed by atoms with Crippen LogP contribution in [0.3, 0.4) is 0 Å². The number of hydrogen-bond acceptors (Lipinski definition) is 2. The van der Waals surface area contributed by atoms with Gasteiger partial charge in [-0.3, -0.25) is 0 Å².